The van der Waals surface area contributed by atoms with Crippen LogP contribution in [0.2, 0.25) is 0 Å². The molecule has 29 heavy (non-hydrogen) atoms. The Bertz CT molecular complexity index is 777. The second-order valence-electron chi connectivity index (χ2n) is 8.05. The van der Waals surface area contributed by atoms with Gasteiger partial charge in [0.25, 0.3) is 0 Å². The zero-order valence-electron chi connectivity index (χ0n) is 17.7. The molecule has 3 N–H and O–H groups in total. The largest absolute Gasteiger partial charge is 0.382 e. The molecule has 1 saturated heterocycles. The van der Waals surface area contributed by atoms with Crippen molar-refractivity contribution >= 4 is 17.8 Å². The molecule has 0 spiro atoms. The number of nitrogens with one attached hydrogen (secondary N) is 3. The molecule has 0 bridgehead atoms. The highest BCUT2D eigenvalue weighted by molar-refractivity contribution is 5.68. The van der Waals surface area contributed by atoms with E-state index in [9.17, 15) is 4.79 Å². The zero-order valence-corrected chi connectivity index (χ0v) is 17.7. The average Bonchev–Trinajstić information content (AvgIpc) is 2.74. The van der Waals surface area contributed by atoms with Crippen LogP contribution in [0.3, 0.4) is 0 Å². The van der Waals surface area contributed by atoms with Crippen LogP contribution in [0.15, 0.2) is 48.5 Å². The summed E-state index contributed by atoms with van der Waals surface area (Å²) in [6.07, 6.45) is 4.37. The van der Waals surface area contributed by atoms with Gasteiger partial charge in [0.15, 0.2) is 0 Å². The Labute approximate surface area is 174 Å². The molecule has 1 atom stereocenters. The highest BCUT2D eigenvalue weighted by atomic mass is 16.1. The van der Waals surface area contributed by atoms with Crippen LogP contribution in [0.25, 0.3) is 0 Å². The topological polar surface area (TPSA) is 56.4 Å². The first-order valence-electron chi connectivity index (χ1n) is 10.8. The standard InChI is InChI=1S/C24H34N4O/c1-19(2)27-23-11-4-3-10-22(23)26-14-13-25-17-20-8-7-9-21(16-20)24-12-5-6-15-28(24)18-29/h3-4,7-11,16,18-19,24-27H,5-6,12-15,17H2,1-2H3. The number of rotatable bonds is 10. The van der Waals surface area contributed by atoms with Gasteiger partial charge >= 0.3 is 0 Å². The SMILES string of the molecule is CC(C)Nc1ccccc1NCCNCc1cccc(C2CCCCN2C=O)c1. The number of nitrogens with zero attached hydrogens (tertiary/aromatic N) is 1. The predicted octanol–water partition coefficient (Wildman–Crippen LogP) is 4.39. The Balaban J connectivity index is 1.47. The molecule has 0 aliphatic carbocycles. The first kappa shape index (κ1) is 21.2. The van der Waals surface area contributed by atoms with Crippen molar-refractivity contribution < 1.29 is 4.79 Å². The van der Waals surface area contributed by atoms with E-state index in [0.29, 0.717) is 6.04 Å². The van der Waals surface area contributed by atoms with Crippen molar-refractivity contribution in [2.75, 3.05) is 30.3 Å². The monoisotopic (exact) mass is 394 g/mol. The second kappa shape index (κ2) is 10.9. The van der Waals surface area contributed by atoms with Crippen molar-refractivity contribution in [3.63, 3.8) is 0 Å². The van der Waals surface area contributed by atoms with Crippen molar-refractivity contribution in [2.24, 2.45) is 0 Å². The molecule has 2 aromatic rings. The van der Waals surface area contributed by atoms with Gasteiger partial charge in [0.2, 0.25) is 6.41 Å². The van der Waals surface area contributed by atoms with Crippen molar-refractivity contribution in [1.82, 2.24) is 10.2 Å². The highest BCUT2D eigenvalue weighted by Gasteiger charge is 2.22. The number of piperidine rings is 1. The summed E-state index contributed by atoms with van der Waals surface area (Å²) < 4.78 is 0. The van der Waals surface area contributed by atoms with Gasteiger partial charge in [0, 0.05) is 32.2 Å². The molecule has 1 unspecified atom stereocenters. The lowest BCUT2D eigenvalue weighted by molar-refractivity contribution is -0.121. The summed E-state index contributed by atoms with van der Waals surface area (Å²) >= 11 is 0. The quantitative estimate of drug-likeness (QED) is 0.413. The van der Waals surface area contributed by atoms with E-state index in [-0.39, 0.29) is 6.04 Å². The molecule has 0 saturated carbocycles. The van der Waals surface area contributed by atoms with Gasteiger partial charge in [0.05, 0.1) is 17.4 Å². The van der Waals surface area contributed by atoms with E-state index < -0.39 is 0 Å². The number of anilines is 2. The molecule has 5 heteroatoms. The number of para-hydroxylation sites is 2. The third-order valence-electron chi connectivity index (χ3n) is 5.33. The van der Waals surface area contributed by atoms with Crippen molar-refractivity contribution in [1.29, 1.82) is 0 Å². The van der Waals surface area contributed by atoms with Crippen LogP contribution in [0, 0.1) is 0 Å². The van der Waals surface area contributed by atoms with Gasteiger partial charge in [-0.15, -0.1) is 0 Å². The molecule has 0 radical (unpaired) electrons. The van der Waals surface area contributed by atoms with Crippen LogP contribution in [0.5, 0.6) is 0 Å². The molecule has 1 heterocycles. The smallest absolute Gasteiger partial charge is 0.210 e. The minimum atomic E-state index is 0.229. The van der Waals surface area contributed by atoms with Gasteiger partial charge in [-0.3, -0.25) is 4.79 Å². The van der Waals surface area contributed by atoms with Crippen molar-refractivity contribution in [3.8, 4) is 0 Å². The molecule has 1 aliphatic heterocycles. The number of likely N-dealkylation sites (tertiary alicyclic amines) is 1. The summed E-state index contributed by atoms with van der Waals surface area (Å²) in [6, 6.07) is 17.6. The second-order valence-corrected chi connectivity index (χ2v) is 8.05. The maximum absolute atomic E-state index is 11.4. The van der Waals surface area contributed by atoms with E-state index >= 15 is 0 Å². The van der Waals surface area contributed by atoms with Crippen LogP contribution >= 0.6 is 0 Å². The van der Waals surface area contributed by atoms with E-state index in [4.69, 9.17) is 0 Å². The van der Waals surface area contributed by atoms with Gasteiger partial charge in [-0.2, -0.15) is 0 Å². The number of hydrogen-bond donors (Lipinski definition) is 3. The fourth-order valence-corrected chi connectivity index (χ4v) is 3.94. The van der Waals surface area contributed by atoms with Crippen molar-refractivity contribution in [2.45, 2.75) is 51.7 Å². The third kappa shape index (κ3) is 6.23. The molecular formula is C24H34N4O. The summed E-state index contributed by atoms with van der Waals surface area (Å²) in [5, 5.41) is 10.5. The van der Waals surface area contributed by atoms with E-state index in [1.54, 1.807) is 0 Å². The van der Waals surface area contributed by atoms with Gasteiger partial charge in [-0.1, -0.05) is 36.4 Å². The fraction of sp³-hybridized carbons (Fsp3) is 0.458. The molecule has 0 aromatic heterocycles. The summed E-state index contributed by atoms with van der Waals surface area (Å²) in [6.45, 7) is 7.73. The minimum Gasteiger partial charge on any atom is -0.382 e. The Morgan fingerprint density at radius 3 is 2.69 bits per heavy atom. The Kier molecular flexibility index (Phi) is 7.94. The van der Waals surface area contributed by atoms with E-state index in [0.717, 1.165) is 56.8 Å². The molecule has 1 fully saturated rings. The van der Waals surface area contributed by atoms with Crippen LogP contribution in [-0.4, -0.2) is 37.0 Å². The third-order valence-corrected chi connectivity index (χ3v) is 5.33. The lowest BCUT2D eigenvalue weighted by Crippen LogP contribution is -2.32. The first-order valence-corrected chi connectivity index (χ1v) is 10.8. The molecule has 156 valence electrons. The van der Waals surface area contributed by atoms with E-state index in [1.165, 1.54) is 17.5 Å². The normalized spacial score (nSPS) is 16.7. The van der Waals surface area contributed by atoms with E-state index in [1.807, 2.05) is 4.90 Å². The molecule has 1 amide bonds. The predicted molar refractivity (Wildman–Crippen MR) is 121 cm³/mol. The van der Waals surface area contributed by atoms with Gasteiger partial charge < -0.3 is 20.9 Å². The molecule has 1 aliphatic rings. The number of benzene rings is 2. The molecular weight excluding hydrogens is 360 g/mol. The molecule has 2 aromatic carbocycles. The lowest BCUT2D eigenvalue weighted by Gasteiger charge is -2.33. The summed E-state index contributed by atoms with van der Waals surface area (Å²) in [5.74, 6) is 0. The maximum atomic E-state index is 11.4. The molecule has 3 rings (SSSR count). The Hall–Kier alpha value is -2.53. The maximum Gasteiger partial charge on any atom is 0.210 e. The Morgan fingerprint density at radius 1 is 1.07 bits per heavy atom. The number of hydrogen-bond acceptors (Lipinski definition) is 4. The van der Waals surface area contributed by atoms with Crippen molar-refractivity contribution in [3.05, 3.63) is 59.7 Å². The van der Waals surface area contributed by atoms with Gasteiger partial charge in [-0.05, 0) is 56.4 Å². The van der Waals surface area contributed by atoms with Crippen LogP contribution in [0.4, 0.5) is 11.4 Å². The number of carbonyl (C=O) groups excluding carboxylic acids is 1. The van der Waals surface area contributed by atoms with Crippen LogP contribution < -0.4 is 16.0 Å². The summed E-state index contributed by atoms with van der Waals surface area (Å²) in [5.41, 5.74) is 4.79. The number of carbonyl (C=O) groups is 1. The van der Waals surface area contributed by atoms with E-state index in [2.05, 4.69) is 78.3 Å². The summed E-state index contributed by atoms with van der Waals surface area (Å²) in [7, 11) is 0. The average molecular weight is 395 g/mol. The minimum absolute atomic E-state index is 0.229. The first-order chi connectivity index (χ1) is 14.2. The highest BCUT2D eigenvalue weighted by Crippen LogP contribution is 2.30. The summed E-state index contributed by atoms with van der Waals surface area (Å²) in [4.78, 5) is 13.3. The fourth-order valence-electron chi connectivity index (χ4n) is 3.94. The zero-order chi connectivity index (χ0) is 20.5. The lowest BCUT2D eigenvalue weighted by atomic mass is 9.94. The Morgan fingerprint density at radius 2 is 1.90 bits per heavy atom. The van der Waals surface area contributed by atoms with Gasteiger partial charge in [0.1, 0.15) is 0 Å². The van der Waals surface area contributed by atoms with Crippen LogP contribution in [0.1, 0.15) is 50.3 Å². The number of amides is 1. The van der Waals surface area contributed by atoms with Crippen LogP contribution in [-0.2, 0) is 11.3 Å². The van der Waals surface area contributed by atoms with Gasteiger partial charge in [-0.25, -0.2) is 0 Å². The molecule has 5 nitrogen and oxygen atoms in total.